The van der Waals surface area contributed by atoms with Gasteiger partial charge in [-0.2, -0.15) is 0 Å². The third-order valence-electron chi connectivity index (χ3n) is 5.12. The third-order valence-corrected chi connectivity index (χ3v) is 5.12. The first-order valence-corrected chi connectivity index (χ1v) is 9.04. The van der Waals surface area contributed by atoms with Gasteiger partial charge in [-0.1, -0.05) is 12.1 Å². The fourth-order valence-electron chi connectivity index (χ4n) is 3.67. The van der Waals surface area contributed by atoms with Crippen molar-refractivity contribution in [3.05, 3.63) is 77.3 Å². The molecule has 2 aromatic heterocycles. The quantitative estimate of drug-likeness (QED) is 0.685. The number of aryl methyl sites for hydroxylation is 1. The number of nitrogens with zero attached hydrogens (tertiary/aromatic N) is 2. The molecule has 2 aliphatic rings. The van der Waals surface area contributed by atoms with Crippen LogP contribution in [0.25, 0.3) is 11.0 Å². The Labute approximate surface area is 152 Å². The smallest absolute Gasteiger partial charge is 0.263 e. The number of fused-ring (bicyclic) bond motifs is 2. The van der Waals surface area contributed by atoms with E-state index >= 15 is 0 Å². The number of rotatable bonds is 3. The molecule has 3 heterocycles. The van der Waals surface area contributed by atoms with E-state index < -0.39 is 0 Å². The first-order chi connectivity index (χ1) is 12.8. The van der Waals surface area contributed by atoms with Gasteiger partial charge < -0.3 is 14.1 Å². The van der Waals surface area contributed by atoms with Crippen molar-refractivity contribution in [2.24, 2.45) is 0 Å². The number of benzene rings is 1. The van der Waals surface area contributed by atoms with Crippen molar-refractivity contribution in [1.29, 1.82) is 0 Å². The van der Waals surface area contributed by atoms with Gasteiger partial charge in [0.25, 0.3) is 5.88 Å². The Bertz CT molecular complexity index is 1050. The predicted octanol–water partition coefficient (Wildman–Crippen LogP) is 4.78. The first kappa shape index (κ1) is 15.3. The highest BCUT2D eigenvalue weighted by Crippen LogP contribution is 2.31. The lowest BCUT2D eigenvalue weighted by Crippen LogP contribution is -2.26. The lowest BCUT2D eigenvalue weighted by molar-refractivity contribution is 0.370. The molecule has 3 aromatic rings. The summed E-state index contributed by atoms with van der Waals surface area (Å²) in [7, 11) is 0. The second-order valence-electron chi connectivity index (χ2n) is 6.86. The number of hydrogen-bond donors (Lipinski definition) is 0. The zero-order valence-corrected chi connectivity index (χ0v) is 14.7. The Morgan fingerprint density at radius 1 is 1.08 bits per heavy atom. The summed E-state index contributed by atoms with van der Waals surface area (Å²) >= 11 is 0. The second kappa shape index (κ2) is 6.06. The lowest BCUT2D eigenvalue weighted by atomic mass is 10.0. The molecule has 0 unspecified atom stereocenters. The standard InChI is InChI=1S/C22H20N2O2/c1-15-13-18-7-10-23-22(21(18)25-15)26-20-6-5-16-8-11-24(19-3-2-4-19)12-9-17(16)14-20/h2-7,10,13-14H,8-9,11-12H2,1H3. The van der Waals surface area contributed by atoms with Gasteiger partial charge in [-0.3, -0.25) is 0 Å². The molecule has 26 heavy (non-hydrogen) atoms. The van der Waals surface area contributed by atoms with E-state index in [1.807, 2.05) is 25.1 Å². The largest absolute Gasteiger partial charge is 0.456 e. The molecule has 1 aliphatic carbocycles. The van der Waals surface area contributed by atoms with Crippen molar-refractivity contribution in [3.8, 4) is 11.6 Å². The highest BCUT2D eigenvalue weighted by atomic mass is 16.5. The minimum absolute atomic E-state index is 0.524. The molecular weight excluding hydrogens is 324 g/mol. The van der Waals surface area contributed by atoms with E-state index in [1.54, 1.807) is 6.20 Å². The van der Waals surface area contributed by atoms with E-state index in [4.69, 9.17) is 9.15 Å². The molecule has 0 amide bonds. The highest BCUT2D eigenvalue weighted by Gasteiger charge is 2.17. The number of hydrogen-bond acceptors (Lipinski definition) is 4. The van der Waals surface area contributed by atoms with Gasteiger partial charge in [0.1, 0.15) is 11.5 Å². The fraction of sp³-hybridized carbons (Fsp3) is 0.227. The first-order valence-electron chi connectivity index (χ1n) is 9.04. The van der Waals surface area contributed by atoms with E-state index in [9.17, 15) is 0 Å². The topological polar surface area (TPSA) is 38.5 Å². The molecule has 1 aromatic carbocycles. The van der Waals surface area contributed by atoms with E-state index in [0.717, 1.165) is 42.8 Å². The van der Waals surface area contributed by atoms with E-state index in [-0.39, 0.29) is 0 Å². The van der Waals surface area contributed by atoms with Crippen molar-refractivity contribution >= 4 is 11.0 Å². The number of aromatic nitrogens is 1. The molecule has 130 valence electrons. The molecular formula is C22H20N2O2. The molecule has 0 saturated heterocycles. The van der Waals surface area contributed by atoms with Crippen molar-refractivity contribution in [3.63, 3.8) is 0 Å². The molecule has 1 aliphatic heterocycles. The van der Waals surface area contributed by atoms with Gasteiger partial charge in [0.15, 0.2) is 5.58 Å². The summed E-state index contributed by atoms with van der Waals surface area (Å²) in [6, 6.07) is 10.3. The van der Waals surface area contributed by atoms with Crippen molar-refractivity contribution in [1.82, 2.24) is 9.88 Å². The molecule has 0 N–H and O–H groups in total. The van der Waals surface area contributed by atoms with Crippen LogP contribution in [0.5, 0.6) is 11.6 Å². The van der Waals surface area contributed by atoms with Crippen LogP contribution in [0, 0.1) is 6.92 Å². The van der Waals surface area contributed by atoms with Crippen LogP contribution in [0.1, 0.15) is 16.9 Å². The van der Waals surface area contributed by atoms with Crippen molar-refractivity contribution in [2.75, 3.05) is 13.1 Å². The molecule has 0 saturated carbocycles. The summed E-state index contributed by atoms with van der Waals surface area (Å²) in [5, 5.41) is 1.01. The van der Waals surface area contributed by atoms with E-state index in [0.29, 0.717) is 11.5 Å². The van der Waals surface area contributed by atoms with Gasteiger partial charge in [0, 0.05) is 30.4 Å². The zero-order chi connectivity index (χ0) is 17.5. The molecule has 5 rings (SSSR count). The van der Waals surface area contributed by atoms with Crippen LogP contribution in [0.2, 0.25) is 0 Å². The summed E-state index contributed by atoms with van der Waals surface area (Å²) in [4.78, 5) is 6.81. The second-order valence-corrected chi connectivity index (χ2v) is 6.86. The average Bonchev–Trinajstić information content (AvgIpc) is 2.86. The van der Waals surface area contributed by atoms with Crippen LogP contribution in [-0.2, 0) is 12.8 Å². The maximum atomic E-state index is 6.08. The Hall–Kier alpha value is -3.01. The van der Waals surface area contributed by atoms with Crippen LogP contribution in [0.15, 0.2) is 64.9 Å². The van der Waals surface area contributed by atoms with Gasteiger partial charge in [-0.25, -0.2) is 4.98 Å². The summed E-state index contributed by atoms with van der Waals surface area (Å²) in [6.07, 6.45) is 10.3. The minimum atomic E-state index is 0.524. The Morgan fingerprint density at radius 3 is 2.73 bits per heavy atom. The molecule has 0 bridgehead atoms. The van der Waals surface area contributed by atoms with Gasteiger partial charge in [0.05, 0.1) is 0 Å². The van der Waals surface area contributed by atoms with Gasteiger partial charge in [0.2, 0.25) is 0 Å². The third kappa shape index (κ3) is 2.68. The van der Waals surface area contributed by atoms with Crippen LogP contribution >= 0.6 is 0 Å². The normalized spacial score (nSPS) is 16.0. The lowest BCUT2D eigenvalue weighted by Gasteiger charge is -2.26. The summed E-state index contributed by atoms with van der Waals surface area (Å²) < 4.78 is 11.8. The fourth-order valence-corrected chi connectivity index (χ4v) is 3.67. The monoisotopic (exact) mass is 344 g/mol. The van der Waals surface area contributed by atoms with Crippen LogP contribution < -0.4 is 4.74 Å². The van der Waals surface area contributed by atoms with Gasteiger partial charge in [-0.15, -0.1) is 0 Å². The van der Waals surface area contributed by atoms with Gasteiger partial charge >= 0.3 is 0 Å². The number of pyridine rings is 1. The van der Waals surface area contributed by atoms with E-state index in [1.165, 1.54) is 16.8 Å². The SMILES string of the molecule is Cc1cc2ccnc(Oc3ccc4c(c3)CCN(C3=CC=C3)CC4)c2o1. The Kier molecular flexibility index (Phi) is 3.56. The van der Waals surface area contributed by atoms with Crippen LogP contribution in [0.3, 0.4) is 0 Å². The molecule has 0 fully saturated rings. The summed E-state index contributed by atoms with van der Waals surface area (Å²) in [6.45, 7) is 4.04. The molecule has 4 heteroatoms. The molecule has 0 radical (unpaired) electrons. The summed E-state index contributed by atoms with van der Waals surface area (Å²) in [5.74, 6) is 2.20. The maximum Gasteiger partial charge on any atom is 0.263 e. The van der Waals surface area contributed by atoms with Crippen LogP contribution in [-0.4, -0.2) is 23.0 Å². The Morgan fingerprint density at radius 2 is 1.92 bits per heavy atom. The Balaban J connectivity index is 1.40. The predicted molar refractivity (Wildman–Crippen MR) is 101 cm³/mol. The number of furan rings is 1. The van der Waals surface area contributed by atoms with Crippen LogP contribution in [0.4, 0.5) is 0 Å². The average molecular weight is 344 g/mol. The maximum absolute atomic E-state index is 6.08. The van der Waals surface area contributed by atoms with Gasteiger partial charge in [-0.05, 0) is 67.3 Å². The summed E-state index contributed by atoms with van der Waals surface area (Å²) in [5.41, 5.74) is 4.81. The molecule has 0 spiro atoms. The van der Waals surface area contributed by atoms with Crippen molar-refractivity contribution < 1.29 is 9.15 Å². The number of allylic oxidation sites excluding steroid dienone is 3. The highest BCUT2D eigenvalue weighted by molar-refractivity contribution is 5.82. The minimum Gasteiger partial charge on any atom is -0.456 e. The van der Waals surface area contributed by atoms with E-state index in [2.05, 4.69) is 40.2 Å². The zero-order valence-electron chi connectivity index (χ0n) is 14.7. The van der Waals surface area contributed by atoms with Crippen molar-refractivity contribution in [2.45, 2.75) is 19.8 Å². The molecule has 0 atom stereocenters. The number of ether oxygens (including phenoxy) is 1. The molecule has 4 nitrogen and oxygen atoms in total.